The van der Waals surface area contributed by atoms with E-state index in [1.165, 1.54) is 0 Å². The highest BCUT2D eigenvalue weighted by Crippen LogP contribution is 2.04. The zero-order valence-corrected chi connectivity index (χ0v) is 11.2. The summed E-state index contributed by atoms with van der Waals surface area (Å²) in [6.45, 7) is 0.109. The standard InChI is InChI=1S/C13H16N2O3S/c16-11(7-4-8-12(17)18)9-14-13(19)15-10-5-2-1-3-6-10/h1-3,5-6H,4,7-9H2,(H,17,18)(H2,14,15,19). The predicted molar refractivity (Wildman–Crippen MR) is 77.2 cm³/mol. The molecule has 1 aromatic rings. The topological polar surface area (TPSA) is 78.4 Å². The molecule has 1 aromatic carbocycles. The molecular formula is C13H16N2O3S. The van der Waals surface area contributed by atoms with E-state index in [0.717, 1.165) is 5.69 Å². The summed E-state index contributed by atoms with van der Waals surface area (Å²) >= 11 is 5.04. The van der Waals surface area contributed by atoms with Crippen molar-refractivity contribution in [2.24, 2.45) is 0 Å². The van der Waals surface area contributed by atoms with Crippen molar-refractivity contribution < 1.29 is 14.7 Å². The summed E-state index contributed by atoms with van der Waals surface area (Å²) in [7, 11) is 0. The zero-order valence-electron chi connectivity index (χ0n) is 10.4. The van der Waals surface area contributed by atoms with Crippen molar-refractivity contribution in [1.82, 2.24) is 5.32 Å². The van der Waals surface area contributed by atoms with Crippen LogP contribution < -0.4 is 10.6 Å². The number of Topliss-reactive ketones (excluding diaryl/α,β-unsaturated/α-hetero) is 1. The molecule has 0 aromatic heterocycles. The summed E-state index contributed by atoms with van der Waals surface area (Å²) < 4.78 is 0. The Bertz CT molecular complexity index is 448. The van der Waals surface area contributed by atoms with E-state index in [1.54, 1.807) is 0 Å². The third kappa shape index (κ3) is 7.15. The molecule has 0 aliphatic carbocycles. The number of carboxylic acid groups (broad SMARTS) is 1. The van der Waals surface area contributed by atoms with Gasteiger partial charge in [0.15, 0.2) is 10.9 Å². The molecule has 0 heterocycles. The maximum atomic E-state index is 11.4. The van der Waals surface area contributed by atoms with Crippen molar-refractivity contribution >= 4 is 34.8 Å². The van der Waals surface area contributed by atoms with Crippen molar-refractivity contribution in [3.63, 3.8) is 0 Å². The number of hydrogen-bond acceptors (Lipinski definition) is 3. The first-order valence-corrected chi connectivity index (χ1v) is 6.32. The summed E-state index contributed by atoms with van der Waals surface area (Å²) in [6.07, 6.45) is 0.612. The Morgan fingerprint density at radius 3 is 2.47 bits per heavy atom. The van der Waals surface area contributed by atoms with E-state index in [-0.39, 0.29) is 25.2 Å². The lowest BCUT2D eigenvalue weighted by molar-refractivity contribution is -0.137. The summed E-state index contributed by atoms with van der Waals surface area (Å²) in [6, 6.07) is 9.38. The van der Waals surface area contributed by atoms with Gasteiger partial charge in [0, 0.05) is 18.5 Å². The molecule has 0 spiro atoms. The molecule has 3 N–H and O–H groups in total. The maximum Gasteiger partial charge on any atom is 0.303 e. The molecule has 0 saturated carbocycles. The fraction of sp³-hybridized carbons (Fsp3) is 0.308. The molecule has 1 rings (SSSR count). The van der Waals surface area contributed by atoms with Gasteiger partial charge in [-0.1, -0.05) is 18.2 Å². The molecule has 0 atom stereocenters. The third-order valence-electron chi connectivity index (χ3n) is 2.32. The number of carboxylic acids is 1. The van der Waals surface area contributed by atoms with Gasteiger partial charge in [-0.3, -0.25) is 9.59 Å². The predicted octanol–water partition coefficient (Wildman–Crippen LogP) is 1.80. The normalized spacial score (nSPS) is 9.68. The summed E-state index contributed by atoms with van der Waals surface area (Å²) in [5.74, 6) is -0.944. The van der Waals surface area contributed by atoms with E-state index in [9.17, 15) is 9.59 Å². The minimum absolute atomic E-state index is 0.0124. The highest BCUT2D eigenvalue weighted by Gasteiger charge is 2.05. The van der Waals surface area contributed by atoms with Gasteiger partial charge in [0.25, 0.3) is 0 Å². The fourth-order valence-corrected chi connectivity index (χ4v) is 1.59. The number of para-hydroxylation sites is 1. The van der Waals surface area contributed by atoms with Gasteiger partial charge in [-0.25, -0.2) is 0 Å². The largest absolute Gasteiger partial charge is 0.481 e. The first-order valence-electron chi connectivity index (χ1n) is 5.91. The number of anilines is 1. The number of benzene rings is 1. The lowest BCUT2D eigenvalue weighted by Gasteiger charge is -2.09. The number of carbonyl (C=O) groups is 2. The lowest BCUT2D eigenvalue weighted by Crippen LogP contribution is -2.33. The minimum atomic E-state index is -0.887. The first kappa shape index (κ1) is 15.1. The van der Waals surface area contributed by atoms with Crippen LogP contribution in [0.25, 0.3) is 0 Å². The molecule has 5 nitrogen and oxygen atoms in total. The van der Waals surface area contributed by atoms with Gasteiger partial charge < -0.3 is 15.7 Å². The second kappa shape index (κ2) is 8.20. The Hall–Kier alpha value is -1.95. The summed E-state index contributed by atoms with van der Waals surface area (Å²) in [5, 5.41) is 14.6. The smallest absolute Gasteiger partial charge is 0.303 e. The van der Waals surface area contributed by atoms with Crippen LogP contribution in [0.1, 0.15) is 19.3 Å². The Morgan fingerprint density at radius 2 is 1.84 bits per heavy atom. The van der Waals surface area contributed by atoms with Crippen LogP contribution in [0.4, 0.5) is 5.69 Å². The van der Waals surface area contributed by atoms with Crippen molar-refractivity contribution in [3.8, 4) is 0 Å². The van der Waals surface area contributed by atoms with Crippen molar-refractivity contribution in [1.29, 1.82) is 0 Å². The van der Waals surface area contributed by atoms with Crippen LogP contribution in [-0.4, -0.2) is 28.5 Å². The van der Waals surface area contributed by atoms with E-state index in [4.69, 9.17) is 17.3 Å². The number of nitrogens with one attached hydrogen (secondary N) is 2. The van der Waals surface area contributed by atoms with Crippen molar-refractivity contribution in [2.45, 2.75) is 19.3 Å². The van der Waals surface area contributed by atoms with Gasteiger partial charge in [0.2, 0.25) is 0 Å². The van der Waals surface area contributed by atoms with E-state index < -0.39 is 5.97 Å². The molecule has 0 bridgehead atoms. The molecule has 102 valence electrons. The lowest BCUT2D eigenvalue weighted by atomic mass is 10.2. The quantitative estimate of drug-likeness (QED) is 0.661. The van der Waals surface area contributed by atoms with Crippen molar-refractivity contribution in [3.05, 3.63) is 30.3 Å². The van der Waals surface area contributed by atoms with Crippen molar-refractivity contribution in [2.75, 3.05) is 11.9 Å². The summed E-state index contributed by atoms with van der Waals surface area (Å²) in [4.78, 5) is 21.7. The Labute approximate surface area is 117 Å². The van der Waals surface area contributed by atoms with Crippen LogP contribution in [0.3, 0.4) is 0 Å². The van der Waals surface area contributed by atoms with E-state index in [0.29, 0.717) is 11.5 Å². The van der Waals surface area contributed by atoms with Gasteiger partial charge in [-0.2, -0.15) is 0 Å². The molecular weight excluding hydrogens is 264 g/mol. The molecule has 0 aliphatic rings. The van der Waals surface area contributed by atoms with Crippen LogP contribution in [0.15, 0.2) is 30.3 Å². The average molecular weight is 280 g/mol. The van der Waals surface area contributed by atoms with Gasteiger partial charge in [-0.05, 0) is 30.8 Å². The molecule has 0 amide bonds. The van der Waals surface area contributed by atoms with Gasteiger partial charge in [-0.15, -0.1) is 0 Å². The number of ketones is 1. The molecule has 0 unspecified atom stereocenters. The number of hydrogen-bond donors (Lipinski definition) is 3. The average Bonchev–Trinajstić information content (AvgIpc) is 2.37. The van der Waals surface area contributed by atoms with E-state index >= 15 is 0 Å². The second-order valence-electron chi connectivity index (χ2n) is 3.96. The van der Waals surface area contributed by atoms with E-state index in [2.05, 4.69) is 10.6 Å². The summed E-state index contributed by atoms with van der Waals surface area (Å²) in [5.41, 5.74) is 0.846. The van der Waals surface area contributed by atoms with Crippen LogP contribution in [-0.2, 0) is 9.59 Å². The Balaban J connectivity index is 2.19. The van der Waals surface area contributed by atoms with Gasteiger partial charge in [0.1, 0.15) is 0 Å². The van der Waals surface area contributed by atoms with E-state index in [1.807, 2.05) is 30.3 Å². The highest BCUT2D eigenvalue weighted by molar-refractivity contribution is 7.80. The van der Waals surface area contributed by atoms with Crippen LogP contribution in [0, 0.1) is 0 Å². The third-order valence-corrected chi connectivity index (χ3v) is 2.57. The maximum absolute atomic E-state index is 11.4. The fourth-order valence-electron chi connectivity index (χ4n) is 1.40. The number of thiocarbonyl (C=S) groups is 1. The van der Waals surface area contributed by atoms with Crippen LogP contribution in [0.5, 0.6) is 0 Å². The first-order chi connectivity index (χ1) is 9.08. The molecule has 6 heteroatoms. The Morgan fingerprint density at radius 1 is 1.16 bits per heavy atom. The molecule has 0 fully saturated rings. The van der Waals surface area contributed by atoms with Crippen LogP contribution >= 0.6 is 12.2 Å². The Kier molecular flexibility index (Phi) is 6.52. The molecule has 0 aliphatic heterocycles. The number of aliphatic carboxylic acids is 1. The van der Waals surface area contributed by atoms with Crippen LogP contribution in [0.2, 0.25) is 0 Å². The number of rotatable bonds is 7. The SMILES string of the molecule is O=C(O)CCCC(=O)CNC(=S)Nc1ccccc1. The minimum Gasteiger partial charge on any atom is -0.481 e. The van der Waals surface area contributed by atoms with Gasteiger partial charge >= 0.3 is 5.97 Å². The number of carbonyl (C=O) groups excluding carboxylic acids is 1. The monoisotopic (exact) mass is 280 g/mol. The molecule has 19 heavy (non-hydrogen) atoms. The van der Waals surface area contributed by atoms with Gasteiger partial charge in [0.05, 0.1) is 6.54 Å². The molecule has 0 radical (unpaired) electrons. The zero-order chi connectivity index (χ0) is 14.1. The molecule has 0 saturated heterocycles. The highest BCUT2D eigenvalue weighted by atomic mass is 32.1. The second-order valence-corrected chi connectivity index (χ2v) is 4.37.